The Hall–Kier alpha value is -2.40. The molecule has 0 aliphatic carbocycles. The number of aromatic nitrogens is 4. The van der Waals surface area contributed by atoms with Gasteiger partial charge in [0.1, 0.15) is 16.5 Å². The smallest absolute Gasteiger partial charge is 0.129 e. The van der Waals surface area contributed by atoms with Gasteiger partial charge in [-0.2, -0.15) is 15.4 Å². The van der Waals surface area contributed by atoms with Crippen LogP contribution in [0.15, 0.2) is 48.7 Å². The molecule has 1 aromatic carbocycles. The summed E-state index contributed by atoms with van der Waals surface area (Å²) < 4.78 is 0. The minimum atomic E-state index is 0.474. The van der Waals surface area contributed by atoms with Gasteiger partial charge in [0.25, 0.3) is 0 Å². The number of pyridine rings is 1. The van der Waals surface area contributed by atoms with Crippen molar-refractivity contribution in [1.82, 2.24) is 20.4 Å². The molecule has 2 heterocycles. The maximum atomic E-state index is 5.75. The number of rotatable bonds is 4. The van der Waals surface area contributed by atoms with Crippen LogP contribution >= 0.6 is 11.6 Å². The lowest BCUT2D eigenvalue weighted by Crippen LogP contribution is -2.01. The molecule has 2 N–H and O–H groups in total. The lowest BCUT2D eigenvalue weighted by atomic mass is 10.1. The number of hydrogen-bond donors (Lipinski definition) is 2. The van der Waals surface area contributed by atoms with Crippen molar-refractivity contribution in [3.8, 4) is 11.3 Å². The molecule has 0 unspecified atom stereocenters. The van der Waals surface area contributed by atoms with Crippen LogP contribution in [0.25, 0.3) is 11.3 Å². The minimum absolute atomic E-state index is 0.474. The number of hydrogen-bond acceptors (Lipinski definition) is 4. The van der Waals surface area contributed by atoms with Gasteiger partial charge in [-0.25, -0.2) is 4.98 Å². The average Bonchev–Trinajstić information content (AvgIpc) is 2.96. The highest BCUT2D eigenvalue weighted by Gasteiger charge is 2.09. The third-order valence-corrected chi connectivity index (χ3v) is 3.08. The molecule has 0 spiro atoms. The molecule has 0 saturated heterocycles. The van der Waals surface area contributed by atoms with Gasteiger partial charge >= 0.3 is 0 Å². The van der Waals surface area contributed by atoms with Gasteiger partial charge in [0, 0.05) is 5.56 Å². The summed E-state index contributed by atoms with van der Waals surface area (Å²) in [4.78, 5) is 4.02. The topological polar surface area (TPSA) is 66.5 Å². The van der Waals surface area contributed by atoms with Crippen LogP contribution in [0.4, 0.5) is 5.69 Å². The second-order valence-corrected chi connectivity index (χ2v) is 4.60. The molecule has 100 valence electrons. The van der Waals surface area contributed by atoms with Crippen molar-refractivity contribution in [2.75, 3.05) is 5.32 Å². The Bertz CT molecular complexity index is 678. The van der Waals surface area contributed by atoms with E-state index >= 15 is 0 Å². The van der Waals surface area contributed by atoms with E-state index in [9.17, 15) is 0 Å². The molecular formula is C14H12ClN5. The number of halogens is 1. The van der Waals surface area contributed by atoms with Crippen LogP contribution < -0.4 is 5.32 Å². The quantitative estimate of drug-likeness (QED) is 0.723. The molecule has 0 saturated carbocycles. The molecule has 0 fully saturated rings. The van der Waals surface area contributed by atoms with Crippen molar-refractivity contribution in [3.05, 3.63) is 59.5 Å². The van der Waals surface area contributed by atoms with E-state index in [4.69, 9.17) is 11.6 Å². The molecule has 0 radical (unpaired) electrons. The first-order valence-corrected chi connectivity index (χ1v) is 6.51. The number of anilines is 1. The fourth-order valence-electron chi connectivity index (χ4n) is 1.87. The largest absolute Gasteiger partial charge is 0.378 e. The van der Waals surface area contributed by atoms with Crippen LogP contribution in [-0.2, 0) is 6.54 Å². The first-order chi connectivity index (χ1) is 9.83. The highest BCUT2D eigenvalue weighted by Crippen LogP contribution is 2.20. The zero-order valence-electron chi connectivity index (χ0n) is 10.5. The molecule has 0 aliphatic rings. The van der Waals surface area contributed by atoms with Crippen LogP contribution in [0, 0.1) is 0 Å². The molecule has 3 rings (SSSR count). The van der Waals surface area contributed by atoms with E-state index in [2.05, 4.69) is 25.7 Å². The number of H-pyrrole nitrogens is 1. The molecule has 3 aromatic rings. The van der Waals surface area contributed by atoms with E-state index in [-0.39, 0.29) is 0 Å². The Morgan fingerprint density at radius 1 is 1.05 bits per heavy atom. The van der Waals surface area contributed by atoms with Crippen molar-refractivity contribution < 1.29 is 0 Å². The second-order valence-electron chi connectivity index (χ2n) is 4.21. The summed E-state index contributed by atoms with van der Waals surface area (Å²) in [6.07, 6.45) is 1.69. The van der Waals surface area contributed by atoms with Crippen molar-refractivity contribution in [2.45, 2.75) is 6.54 Å². The minimum Gasteiger partial charge on any atom is -0.378 e. The number of benzene rings is 1. The summed E-state index contributed by atoms with van der Waals surface area (Å²) in [5.41, 5.74) is 3.62. The molecule has 2 aromatic heterocycles. The van der Waals surface area contributed by atoms with Gasteiger partial charge in [0.05, 0.1) is 18.4 Å². The fraction of sp³-hybridized carbons (Fsp3) is 0.0714. The van der Waals surface area contributed by atoms with Gasteiger partial charge in [-0.1, -0.05) is 41.9 Å². The van der Waals surface area contributed by atoms with Gasteiger partial charge in [0.15, 0.2) is 0 Å². The normalized spacial score (nSPS) is 10.4. The lowest BCUT2D eigenvalue weighted by molar-refractivity contribution is 0.911. The van der Waals surface area contributed by atoms with Crippen molar-refractivity contribution in [1.29, 1.82) is 0 Å². The Morgan fingerprint density at radius 2 is 1.90 bits per heavy atom. The third-order valence-electron chi connectivity index (χ3n) is 2.85. The highest BCUT2D eigenvalue weighted by molar-refractivity contribution is 6.29. The third kappa shape index (κ3) is 2.78. The predicted octanol–water partition coefficient (Wildman–Crippen LogP) is 3.13. The summed E-state index contributed by atoms with van der Waals surface area (Å²) in [6, 6.07) is 13.5. The second kappa shape index (κ2) is 5.71. The van der Waals surface area contributed by atoms with Gasteiger partial charge in [-0.3, -0.25) is 0 Å². The van der Waals surface area contributed by atoms with Gasteiger partial charge in [-0.15, -0.1) is 0 Å². The van der Waals surface area contributed by atoms with Crippen LogP contribution in [0.2, 0.25) is 5.15 Å². The molecule has 5 nitrogen and oxygen atoms in total. The Balaban J connectivity index is 1.76. The predicted molar refractivity (Wildman–Crippen MR) is 78.4 cm³/mol. The van der Waals surface area contributed by atoms with Crippen LogP contribution in [0.3, 0.4) is 0 Å². The van der Waals surface area contributed by atoms with E-state index in [1.807, 2.05) is 36.4 Å². The first-order valence-electron chi connectivity index (χ1n) is 6.13. The van der Waals surface area contributed by atoms with Crippen LogP contribution in [-0.4, -0.2) is 20.4 Å². The molecule has 0 bridgehead atoms. The zero-order valence-corrected chi connectivity index (χ0v) is 11.3. The molecule has 20 heavy (non-hydrogen) atoms. The highest BCUT2D eigenvalue weighted by atomic mass is 35.5. The van der Waals surface area contributed by atoms with E-state index in [1.165, 1.54) is 0 Å². The number of nitrogens with zero attached hydrogens (tertiary/aromatic N) is 3. The van der Waals surface area contributed by atoms with Crippen LogP contribution in [0.5, 0.6) is 0 Å². The number of aromatic amines is 1. The maximum Gasteiger partial charge on any atom is 0.129 e. The van der Waals surface area contributed by atoms with E-state index in [0.717, 1.165) is 22.6 Å². The lowest BCUT2D eigenvalue weighted by Gasteiger charge is -2.05. The number of nitrogens with one attached hydrogen (secondary N) is 2. The molecular weight excluding hydrogens is 274 g/mol. The van der Waals surface area contributed by atoms with Crippen molar-refractivity contribution in [3.63, 3.8) is 0 Å². The Morgan fingerprint density at radius 3 is 2.65 bits per heavy atom. The van der Waals surface area contributed by atoms with E-state index in [0.29, 0.717) is 11.7 Å². The summed E-state index contributed by atoms with van der Waals surface area (Å²) in [7, 11) is 0. The standard InChI is InChI=1S/C14H12ClN5/c15-13-7-6-11(8-17-13)16-9-12-14(19-20-18-12)10-4-2-1-3-5-10/h1-8,16H,9H2,(H,18,19,20). The SMILES string of the molecule is Clc1ccc(NCc2n[nH]nc2-c2ccccc2)cn1. The summed E-state index contributed by atoms with van der Waals surface area (Å²) in [5, 5.41) is 14.8. The fourth-order valence-corrected chi connectivity index (χ4v) is 1.98. The molecule has 0 aliphatic heterocycles. The average molecular weight is 286 g/mol. The Labute approximate surface area is 121 Å². The molecule has 0 amide bonds. The van der Waals surface area contributed by atoms with Gasteiger partial charge < -0.3 is 5.32 Å². The van der Waals surface area contributed by atoms with Gasteiger partial charge in [0.2, 0.25) is 0 Å². The molecule has 0 atom stereocenters. The van der Waals surface area contributed by atoms with Crippen molar-refractivity contribution in [2.24, 2.45) is 0 Å². The summed E-state index contributed by atoms with van der Waals surface area (Å²) >= 11 is 5.75. The summed E-state index contributed by atoms with van der Waals surface area (Å²) in [6.45, 7) is 0.560. The maximum absolute atomic E-state index is 5.75. The van der Waals surface area contributed by atoms with Gasteiger partial charge in [-0.05, 0) is 12.1 Å². The molecule has 6 heteroatoms. The van der Waals surface area contributed by atoms with Crippen LogP contribution in [0.1, 0.15) is 5.69 Å². The summed E-state index contributed by atoms with van der Waals surface area (Å²) in [5.74, 6) is 0. The Kier molecular flexibility index (Phi) is 3.60. The van der Waals surface area contributed by atoms with E-state index < -0.39 is 0 Å². The first kappa shape index (κ1) is 12.6. The zero-order chi connectivity index (χ0) is 13.8. The monoisotopic (exact) mass is 285 g/mol. The van der Waals surface area contributed by atoms with E-state index in [1.54, 1.807) is 12.3 Å². The van der Waals surface area contributed by atoms with Crippen molar-refractivity contribution >= 4 is 17.3 Å².